The van der Waals surface area contributed by atoms with Crippen LogP contribution in [0.5, 0.6) is 0 Å². The minimum absolute atomic E-state index is 0.103. The Bertz CT molecular complexity index is 1960. The van der Waals surface area contributed by atoms with E-state index in [9.17, 15) is 8.42 Å². The fourth-order valence-corrected chi connectivity index (χ4v) is 8.30. The lowest BCUT2D eigenvalue weighted by Gasteiger charge is -2.19. The molecule has 0 saturated carbocycles. The van der Waals surface area contributed by atoms with E-state index in [0.717, 1.165) is 6.54 Å². The number of thiophene rings is 2. The number of nitrogens with zero attached hydrogens (tertiary/aromatic N) is 2. The lowest BCUT2D eigenvalue weighted by Crippen LogP contribution is -2.26. The molecule has 1 fully saturated rings. The van der Waals surface area contributed by atoms with Crippen molar-refractivity contribution in [3.05, 3.63) is 58.3 Å². The van der Waals surface area contributed by atoms with Gasteiger partial charge in [0.25, 0.3) is 10.1 Å². The number of hydrogen-bond donors (Lipinski definition) is 0. The number of carbonyl (C=O) groups excluding carboxylic acids is 4. The van der Waals surface area contributed by atoms with Crippen molar-refractivity contribution in [3.8, 4) is 0 Å². The smallest absolute Gasteiger partial charge is 0.270 e. The van der Waals surface area contributed by atoms with Crippen molar-refractivity contribution < 1.29 is 36.4 Å². The molecule has 0 unspecified atom stereocenters. The number of hydrogen-bond acceptors (Lipinski definition) is 10. The van der Waals surface area contributed by atoms with Crippen molar-refractivity contribution in [3.63, 3.8) is 0 Å². The van der Waals surface area contributed by atoms with E-state index < -0.39 is 10.1 Å². The highest BCUT2D eigenvalue weighted by molar-refractivity contribution is 7.86. The van der Waals surface area contributed by atoms with Gasteiger partial charge in [0.05, 0.1) is 28.8 Å². The quantitative estimate of drug-likeness (QED) is 0.124. The van der Waals surface area contributed by atoms with Gasteiger partial charge in [-0.1, -0.05) is 33.3 Å². The molecule has 0 amide bonds. The van der Waals surface area contributed by atoms with E-state index in [1.807, 2.05) is 11.3 Å². The Labute approximate surface area is 293 Å². The van der Waals surface area contributed by atoms with Crippen molar-refractivity contribution in [2.45, 2.75) is 78.6 Å². The molecule has 9 nitrogen and oxygen atoms in total. The summed E-state index contributed by atoms with van der Waals surface area (Å²) in [4.78, 5) is 37.2. The molecule has 0 N–H and O–H groups in total. The summed E-state index contributed by atoms with van der Waals surface area (Å²) in [5.41, 5.74) is 8.50. The average molecular weight is 711 g/mol. The second kappa shape index (κ2) is 17.2. The molecule has 3 aliphatic heterocycles. The van der Waals surface area contributed by atoms with Gasteiger partial charge in [-0.3, -0.25) is 9.18 Å². The van der Waals surface area contributed by atoms with E-state index in [1.165, 1.54) is 66.9 Å². The molecular formula is C35H42BN2O7S3+. The summed E-state index contributed by atoms with van der Waals surface area (Å²) in [6.45, 7) is 17.4. The molecular weight excluding hydrogens is 667 g/mol. The summed E-state index contributed by atoms with van der Waals surface area (Å²) >= 11 is 3.63. The summed E-state index contributed by atoms with van der Waals surface area (Å²) in [6.07, 6.45) is 3.66. The van der Waals surface area contributed by atoms with E-state index in [2.05, 4.69) is 113 Å². The zero-order valence-electron chi connectivity index (χ0n) is 29.4. The maximum atomic E-state index is 10.2. The van der Waals surface area contributed by atoms with Gasteiger partial charge < -0.3 is 0 Å². The second-order valence-corrected chi connectivity index (χ2v) is 15.9. The molecule has 2 aromatic carbocycles. The van der Waals surface area contributed by atoms with E-state index in [4.69, 9.17) is 25.5 Å². The predicted octanol–water partition coefficient (Wildman–Crippen LogP) is 7.30. The molecule has 254 valence electrons. The third-order valence-corrected chi connectivity index (χ3v) is 11.9. The van der Waals surface area contributed by atoms with Crippen LogP contribution < -0.4 is 0 Å². The van der Waals surface area contributed by atoms with E-state index in [1.54, 1.807) is 11.3 Å². The molecule has 2 aromatic heterocycles. The van der Waals surface area contributed by atoms with Gasteiger partial charge in [-0.2, -0.15) is 32.2 Å². The minimum atomic E-state index is -3.05. The molecule has 13 heteroatoms. The Kier molecular flexibility index (Phi) is 13.9. The molecule has 5 heterocycles. The number of fused-ring (bicyclic) bond motifs is 6. The maximum Gasteiger partial charge on any atom is 0.373 e. The number of unbranched alkanes of at least 4 members (excludes halogenated alkanes) is 1. The van der Waals surface area contributed by atoms with Gasteiger partial charge in [-0.05, 0) is 75.2 Å². The minimum Gasteiger partial charge on any atom is -0.270 e. The first-order valence-electron chi connectivity index (χ1n) is 15.8. The lowest BCUT2D eigenvalue weighted by atomic mass is 9.82. The van der Waals surface area contributed by atoms with Gasteiger partial charge >= 0.3 is 12.3 Å². The van der Waals surface area contributed by atoms with Crippen molar-refractivity contribution in [2.24, 2.45) is 4.99 Å². The number of benzene rings is 2. The van der Waals surface area contributed by atoms with Crippen molar-refractivity contribution in [1.82, 2.24) is 0 Å². The fourth-order valence-electron chi connectivity index (χ4n) is 5.76. The first-order chi connectivity index (χ1) is 23.2. The molecule has 2 radical (unpaired) electrons. The van der Waals surface area contributed by atoms with Crippen LogP contribution in [0, 0.1) is 0 Å². The van der Waals surface area contributed by atoms with Crippen molar-refractivity contribution in [1.29, 1.82) is 1.34 Å². The van der Waals surface area contributed by atoms with Crippen LogP contribution >= 0.6 is 22.7 Å². The van der Waals surface area contributed by atoms with Crippen LogP contribution in [0.4, 0.5) is 11.4 Å². The Morgan fingerprint density at radius 1 is 0.896 bits per heavy atom. The van der Waals surface area contributed by atoms with Crippen LogP contribution in [0.25, 0.3) is 20.2 Å². The Hall–Kier alpha value is -3.57. The van der Waals surface area contributed by atoms with E-state index in [-0.39, 0.29) is 28.9 Å². The van der Waals surface area contributed by atoms with Crippen LogP contribution in [0.1, 0.15) is 78.9 Å². The molecule has 1 saturated heterocycles. The molecule has 0 atom stereocenters. The largest absolute Gasteiger partial charge is 0.373 e. The Morgan fingerprint density at radius 2 is 1.44 bits per heavy atom. The van der Waals surface area contributed by atoms with Gasteiger partial charge in [0.2, 0.25) is 5.69 Å². The first kappa shape index (κ1) is 38.9. The normalized spacial score (nSPS) is 17.0. The third-order valence-electron chi connectivity index (χ3n) is 8.86. The van der Waals surface area contributed by atoms with Crippen LogP contribution in [0.3, 0.4) is 0 Å². The highest BCUT2D eigenvalue weighted by Gasteiger charge is 2.43. The molecule has 48 heavy (non-hydrogen) atoms. The van der Waals surface area contributed by atoms with Gasteiger partial charge in [0.1, 0.15) is 6.54 Å². The fraction of sp³-hybridized carbons (Fsp3) is 0.429. The van der Waals surface area contributed by atoms with Crippen LogP contribution in [-0.2, 0) is 44.3 Å². The van der Waals surface area contributed by atoms with E-state index >= 15 is 0 Å². The topological polar surface area (TPSA) is 127 Å². The molecule has 3 aliphatic rings. The molecule has 0 aliphatic carbocycles. The standard InChI is InChI=1S/C17H22NS.C13H13NS.C3H6O3S.2CO2.BH/c1-5-6-10-18-12(2)17(3,4)14-7-8-15-13(16(14)18)9-11-19-15;1-8-13(2,3)10-4-5-11-9(6-7-15-11)12(10)14-8;4-7(5)3-1-2-6-7;2*2-1-3;/h7-9,11H,5-6,10H2,1-4H3;4-7H,1-3H3;1-3H2;;;1H/q+1;;;;;/i;;;;;1D. The van der Waals surface area contributed by atoms with Crippen LogP contribution in [-0.4, -0.2) is 65.3 Å². The summed E-state index contributed by atoms with van der Waals surface area (Å²) in [7, 11) is 0.704. The highest BCUT2D eigenvalue weighted by atomic mass is 32.2. The zero-order valence-corrected chi connectivity index (χ0v) is 30.9. The molecule has 0 bridgehead atoms. The maximum absolute atomic E-state index is 10.2. The van der Waals surface area contributed by atoms with Gasteiger partial charge in [-0.25, -0.2) is 0 Å². The van der Waals surface area contributed by atoms with Crippen molar-refractivity contribution >= 4 is 96.4 Å². The van der Waals surface area contributed by atoms with Gasteiger partial charge in [-0.15, -0.1) is 22.7 Å². The van der Waals surface area contributed by atoms with Gasteiger partial charge in [0.15, 0.2) is 5.71 Å². The SMILES string of the molecule is CC1=Nc2c(ccc3sccc23)C1(C)C.CCCC[N+]1=C(C)C(C)(C)c2ccc3sccc3c21.O=C=O.O=C=O.O=S1(=O)CCCO1.[2H][B]. The van der Waals surface area contributed by atoms with Gasteiger partial charge in [0, 0.05) is 53.2 Å². The zero-order chi connectivity index (χ0) is 37.0. The summed E-state index contributed by atoms with van der Waals surface area (Å²) < 4.78 is 35.3. The average Bonchev–Trinajstić information content (AvgIpc) is 3.88. The number of aliphatic imine (C=N–C) groups is 1. The third kappa shape index (κ3) is 8.71. The van der Waals surface area contributed by atoms with Crippen LogP contribution in [0.2, 0.25) is 0 Å². The molecule has 7 rings (SSSR count). The molecule has 0 spiro atoms. The predicted molar refractivity (Wildman–Crippen MR) is 194 cm³/mol. The van der Waals surface area contributed by atoms with Crippen molar-refractivity contribution in [2.75, 3.05) is 18.9 Å². The Balaban J connectivity index is 0.000000246. The summed E-state index contributed by atoms with van der Waals surface area (Å²) in [6, 6.07) is 13.5. The lowest BCUT2D eigenvalue weighted by molar-refractivity contribution is -0.438. The molecule has 4 aromatic rings. The Morgan fingerprint density at radius 3 is 1.94 bits per heavy atom. The summed E-state index contributed by atoms with van der Waals surface area (Å²) in [5, 5.41) is 7.09. The second-order valence-electron chi connectivity index (χ2n) is 12.2. The first-order valence-corrected chi connectivity index (χ1v) is 18.6. The monoisotopic (exact) mass is 710 g/mol. The van der Waals surface area contributed by atoms with E-state index in [0.29, 0.717) is 13.0 Å². The number of rotatable bonds is 3. The van der Waals surface area contributed by atoms with Crippen LogP contribution in [0.15, 0.2) is 52.2 Å². The highest BCUT2D eigenvalue weighted by Crippen LogP contribution is 2.46. The summed E-state index contributed by atoms with van der Waals surface area (Å²) in [5.74, 6) is 0.201.